The summed E-state index contributed by atoms with van der Waals surface area (Å²) in [6, 6.07) is 26.1. The Bertz CT molecular complexity index is 1260. The molecule has 0 aliphatic heterocycles. The van der Waals surface area contributed by atoms with E-state index < -0.39 is 0 Å². The number of unbranched alkanes of at least 4 members (excludes halogenated alkanes) is 4. The maximum atomic E-state index is 12.3. The zero-order chi connectivity index (χ0) is 30.2. The summed E-state index contributed by atoms with van der Waals surface area (Å²) >= 11 is 0. The van der Waals surface area contributed by atoms with Crippen LogP contribution in [-0.4, -0.2) is 61.2 Å². The molecule has 0 atom stereocenters. The summed E-state index contributed by atoms with van der Waals surface area (Å²) in [6.07, 6.45) is 10.5. The van der Waals surface area contributed by atoms with Crippen LogP contribution in [0.2, 0.25) is 0 Å². The molecule has 0 bridgehead atoms. The molecule has 224 valence electrons. The third-order valence-electron chi connectivity index (χ3n) is 7.47. The zero-order valence-corrected chi connectivity index (χ0v) is 25.9. The van der Waals surface area contributed by atoms with Crippen LogP contribution >= 0.6 is 0 Å². The van der Waals surface area contributed by atoms with E-state index in [0.29, 0.717) is 13.2 Å². The number of benzene rings is 3. The third kappa shape index (κ3) is 10.5. The lowest BCUT2D eigenvalue weighted by molar-refractivity contribution is -0.124. The molecule has 0 saturated heterocycles. The molecule has 0 fully saturated rings. The molecule has 3 aromatic rings. The number of amides is 1. The number of carbonyl (C=O) groups is 1. The number of likely N-dealkylation sites (N-methyl/N-ethyl adjacent to an activating group) is 2. The van der Waals surface area contributed by atoms with Gasteiger partial charge in [-0.05, 0) is 72.0 Å². The van der Waals surface area contributed by atoms with Gasteiger partial charge in [0.15, 0.2) is 0 Å². The summed E-state index contributed by atoms with van der Waals surface area (Å²) in [5.74, 6) is 1.14. The molecule has 0 unspecified atom stereocenters. The Morgan fingerprint density at radius 1 is 0.786 bits per heavy atom. The largest absolute Gasteiger partial charge is 0.508 e. The molecule has 0 aromatic heterocycles. The molecule has 0 saturated carbocycles. The van der Waals surface area contributed by atoms with Gasteiger partial charge < -0.3 is 14.7 Å². The van der Waals surface area contributed by atoms with Crippen LogP contribution in [0.1, 0.15) is 69.1 Å². The van der Waals surface area contributed by atoms with Crippen molar-refractivity contribution in [2.45, 2.75) is 52.4 Å². The Labute approximate surface area is 253 Å². The van der Waals surface area contributed by atoms with Crippen LogP contribution in [-0.2, 0) is 4.79 Å². The van der Waals surface area contributed by atoms with Gasteiger partial charge in [-0.2, -0.15) is 0 Å². The molecule has 5 nitrogen and oxygen atoms in total. The first-order chi connectivity index (χ1) is 20.4. The van der Waals surface area contributed by atoms with Crippen molar-refractivity contribution in [1.29, 1.82) is 0 Å². The van der Waals surface area contributed by atoms with Crippen LogP contribution in [0.4, 0.5) is 0 Å². The minimum absolute atomic E-state index is 0.0643. The van der Waals surface area contributed by atoms with Crippen molar-refractivity contribution in [3.8, 4) is 11.5 Å². The van der Waals surface area contributed by atoms with Crippen LogP contribution < -0.4 is 4.74 Å². The number of hydrogen-bond donors (Lipinski definition) is 1. The fraction of sp³-hybridized carbons (Fsp3) is 0.378. The normalized spacial score (nSPS) is 12.0. The van der Waals surface area contributed by atoms with Gasteiger partial charge in [0.25, 0.3) is 0 Å². The molecule has 3 rings (SSSR count). The molecule has 3 aromatic carbocycles. The molecule has 0 spiro atoms. The third-order valence-corrected chi connectivity index (χ3v) is 7.47. The number of rotatable bonds is 17. The molecule has 0 aliphatic rings. The van der Waals surface area contributed by atoms with E-state index in [9.17, 15) is 9.90 Å². The van der Waals surface area contributed by atoms with E-state index >= 15 is 0 Å². The van der Waals surface area contributed by atoms with Gasteiger partial charge >= 0.3 is 0 Å². The van der Waals surface area contributed by atoms with Gasteiger partial charge in [0.2, 0.25) is 5.91 Å². The van der Waals surface area contributed by atoms with E-state index in [1.165, 1.54) is 36.8 Å². The van der Waals surface area contributed by atoms with E-state index in [2.05, 4.69) is 55.1 Å². The Balaban J connectivity index is 1.55. The first-order valence-electron chi connectivity index (χ1n) is 15.3. The Hall–Kier alpha value is -3.83. The fourth-order valence-corrected chi connectivity index (χ4v) is 4.96. The van der Waals surface area contributed by atoms with Crippen LogP contribution in [0.25, 0.3) is 11.1 Å². The molecule has 42 heavy (non-hydrogen) atoms. The highest BCUT2D eigenvalue weighted by atomic mass is 16.5. The number of ether oxygens (including phenoxy) is 1. The summed E-state index contributed by atoms with van der Waals surface area (Å²) in [4.78, 5) is 16.3. The molecule has 0 heterocycles. The number of aromatic hydroxyl groups is 1. The Kier molecular flexibility index (Phi) is 13.9. The number of allylic oxidation sites excluding steroid dienone is 1. The van der Waals surface area contributed by atoms with Crippen LogP contribution in [0.5, 0.6) is 11.5 Å². The highest BCUT2D eigenvalue weighted by molar-refractivity contribution is 5.98. The molecular formula is C37H48N2O3. The first kappa shape index (κ1) is 32.7. The quantitative estimate of drug-likeness (QED) is 0.102. The van der Waals surface area contributed by atoms with Gasteiger partial charge in [-0.25, -0.2) is 0 Å². The van der Waals surface area contributed by atoms with Crippen molar-refractivity contribution < 1.29 is 14.6 Å². The van der Waals surface area contributed by atoms with Crippen molar-refractivity contribution >= 4 is 17.1 Å². The van der Waals surface area contributed by atoms with Crippen molar-refractivity contribution in [1.82, 2.24) is 9.80 Å². The zero-order valence-electron chi connectivity index (χ0n) is 25.9. The molecule has 1 amide bonds. The van der Waals surface area contributed by atoms with Crippen molar-refractivity contribution in [3.63, 3.8) is 0 Å². The van der Waals surface area contributed by atoms with Gasteiger partial charge in [-0.3, -0.25) is 9.69 Å². The SMILES string of the molecule is CCCCCCCN(C)C(=O)C=CCN(C)CCOc1ccc(C(=C(CC)c2ccccc2)c2ccc(O)cc2)cc1. The van der Waals surface area contributed by atoms with Crippen molar-refractivity contribution in [2.24, 2.45) is 0 Å². The van der Waals surface area contributed by atoms with E-state index in [0.717, 1.165) is 48.4 Å². The second kappa shape index (κ2) is 17.9. The average Bonchev–Trinajstić information content (AvgIpc) is 3.01. The van der Waals surface area contributed by atoms with Gasteiger partial charge in [-0.1, -0.05) is 100 Å². The lowest BCUT2D eigenvalue weighted by Crippen LogP contribution is -2.27. The summed E-state index contributed by atoms with van der Waals surface area (Å²) < 4.78 is 6.05. The second-order valence-corrected chi connectivity index (χ2v) is 10.8. The molecular weight excluding hydrogens is 520 g/mol. The minimum atomic E-state index is 0.0643. The lowest BCUT2D eigenvalue weighted by atomic mass is 9.88. The summed E-state index contributed by atoms with van der Waals surface area (Å²) in [5, 5.41) is 9.87. The highest BCUT2D eigenvalue weighted by Crippen LogP contribution is 2.35. The molecule has 1 N–H and O–H groups in total. The number of hydrogen-bond acceptors (Lipinski definition) is 4. The molecule has 5 heteroatoms. The van der Waals surface area contributed by atoms with E-state index in [4.69, 9.17) is 4.74 Å². The number of nitrogens with zero attached hydrogens (tertiary/aromatic N) is 2. The van der Waals surface area contributed by atoms with Gasteiger partial charge in [0.05, 0.1) is 0 Å². The predicted octanol–water partition coefficient (Wildman–Crippen LogP) is 8.06. The topological polar surface area (TPSA) is 53.0 Å². The van der Waals surface area contributed by atoms with Crippen LogP contribution in [0.15, 0.2) is 91.0 Å². The van der Waals surface area contributed by atoms with Crippen molar-refractivity contribution in [2.75, 3.05) is 40.3 Å². The number of phenols is 1. The van der Waals surface area contributed by atoms with Gasteiger partial charge in [-0.15, -0.1) is 0 Å². The Morgan fingerprint density at radius 2 is 1.43 bits per heavy atom. The lowest BCUT2D eigenvalue weighted by Gasteiger charge is -2.18. The average molecular weight is 569 g/mol. The summed E-state index contributed by atoms with van der Waals surface area (Å²) in [6.45, 7) is 7.20. The number of carbonyl (C=O) groups excluding carboxylic acids is 1. The van der Waals surface area contributed by atoms with Gasteiger partial charge in [0.1, 0.15) is 18.1 Å². The minimum Gasteiger partial charge on any atom is -0.508 e. The maximum absolute atomic E-state index is 12.3. The molecule has 0 aliphatic carbocycles. The van der Waals surface area contributed by atoms with E-state index in [1.807, 2.05) is 50.5 Å². The standard InChI is InChI=1S/C37H48N2O3/c1-5-7-8-9-13-27-39(4)36(41)17-14-26-38(3)28-29-42-34-24-20-32(21-25-34)37(31-18-22-33(40)23-19-31)35(6-2)30-15-11-10-12-16-30/h10-12,14-25,40H,5-9,13,26-29H2,1-4H3. The summed E-state index contributed by atoms with van der Waals surface area (Å²) in [7, 11) is 3.91. The maximum Gasteiger partial charge on any atom is 0.246 e. The summed E-state index contributed by atoms with van der Waals surface area (Å²) in [5.41, 5.74) is 5.76. The first-order valence-corrected chi connectivity index (χ1v) is 15.3. The predicted molar refractivity (Wildman–Crippen MR) is 176 cm³/mol. The fourth-order valence-electron chi connectivity index (χ4n) is 4.96. The highest BCUT2D eigenvalue weighted by Gasteiger charge is 2.13. The van der Waals surface area contributed by atoms with E-state index in [1.54, 1.807) is 23.1 Å². The number of phenolic OH excluding ortho intramolecular Hbond substituents is 1. The smallest absolute Gasteiger partial charge is 0.246 e. The van der Waals surface area contributed by atoms with E-state index in [-0.39, 0.29) is 11.7 Å². The van der Waals surface area contributed by atoms with Crippen LogP contribution in [0, 0.1) is 0 Å². The molecule has 0 radical (unpaired) electrons. The Morgan fingerprint density at radius 3 is 2.07 bits per heavy atom. The van der Waals surface area contributed by atoms with Gasteiger partial charge in [0, 0.05) is 32.8 Å². The van der Waals surface area contributed by atoms with Crippen molar-refractivity contribution in [3.05, 3.63) is 108 Å². The van der Waals surface area contributed by atoms with Crippen LogP contribution in [0.3, 0.4) is 0 Å². The monoisotopic (exact) mass is 568 g/mol. The second-order valence-electron chi connectivity index (χ2n) is 10.8.